The Kier molecular flexibility index (Phi) is 5.00. The number of aryl methyl sites for hydroxylation is 1. The highest BCUT2D eigenvalue weighted by Gasteiger charge is 2.22. The summed E-state index contributed by atoms with van der Waals surface area (Å²) in [4.78, 5) is 2.47. The normalized spacial score (nSPS) is 25.5. The number of nitrogens with two attached hydrogens (primary N) is 1. The van der Waals surface area contributed by atoms with Gasteiger partial charge in [0.2, 0.25) is 0 Å². The van der Waals surface area contributed by atoms with E-state index in [4.69, 9.17) is 5.73 Å². The maximum atomic E-state index is 6.34. The smallest absolute Gasteiger partial charge is 0.0424 e. The molecular formula is C17H28N2. The molecule has 1 unspecified atom stereocenters. The van der Waals surface area contributed by atoms with E-state index in [0.717, 1.165) is 18.5 Å². The van der Waals surface area contributed by atoms with Crippen molar-refractivity contribution in [3.63, 3.8) is 0 Å². The first-order valence-corrected chi connectivity index (χ1v) is 7.58. The van der Waals surface area contributed by atoms with Crippen LogP contribution in [0.15, 0.2) is 24.3 Å². The number of likely N-dealkylation sites (N-methyl/N-ethyl adjacent to an activating group) is 1. The Balaban J connectivity index is 1.87. The average molecular weight is 260 g/mol. The van der Waals surface area contributed by atoms with E-state index >= 15 is 0 Å². The van der Waals surface area contributed by atoms with E-state index in [9.17, 15) is 0 Å². The lowest BCUT2D eigenvalue weighted by Gasteiger charge is -2.35. The highest BCUT2D eigenvalue weighted by atomic mass is 15.1. The van der Waals surface area contributed by atoms with Crippen LogP contribution in [0.25, 0.3) is 0 Å². The number of hydrogen-bond acceptors (Lipinski definition) is 2. The molecule has 0 bridgehead atoms. The summed E-state index contributed by atoms with van der Waals surface area (Å²) in [5.74, 6) is 0.912. The molecule has 2 rings (SSSR count). The largest absolute Gasteiger partial charge is 0.323 e. The van der Waals surface area contributed by atoms with Crippen LogP contribution in [0, 0.1) is 12.8 Å². The maximum Gasteiger partial charge on any atom is 0.0424 e. The summed E-state index contributed by atoms with van der Waals surface area (Å²) in [6.07, 6.45) is 5.40. The van der Waals surface area contributed by atoms with Crippen LogP contribution in [0.2, 0.25) is 0 Å². The molecule has 2 nitrogen and oxygen atoms in total. The van der Waals surface area contributed by atoms with Gasteiger partial charge in [-0.3, -0.25) is 0 Å². The second-order valence-electron chi connectivity index (χ2n) is 6.37. The van der Waals surface area contributed by atoms with Crippen molar-refractivity contribution >= 4 is 0 Å². The molecule has 1 fully saturated rings. The van der Waals surface area contributed by atoms with Crippen molar-refractivity contribution in [1.29, 1.82) is 0 Å². The van der Waals surface area contributed by atoms with E-state index in [1.54, 1.807) is 0 Å². The van der Waals surface area contributed by atoms with Crippen LogP contribution in [0.1, 0.15) is 49.8 Å². The number of rotatable bonds is 4. The molecule has 1 aliphatic carbocycles. The molecule has 0 radical (unpaired) electrons. The van der Waals surface area contributed by atoms with Crippen molar-refractivity contribution in [3.05, 3.63) is 35.4 Å². The monoisotopic (exact) mass is 260 g/mol. The maximum absolute atomic E-state index is 6.34. The second-order valence-corrected chi connectivity index (χ2v) is 6.37. The summed E-state index contributed by atoms with van der Waals surface area (Å²) in [5.41, 5.74) is 8.89. The molecule has 1 atom stereocenters. The third-order valence-corrected chi connectivity index (χ3v) is 4.60. The highest BCUT2D eigenvalue weighted by Crippen LogP contribution is 2.27. The predicted molar refractivity (Wildman–Crippen MR) is 82.2 cm³/mol. The van der Waals surface area contributed by atoms with E-state index in [1.165, 1.54) is 36.8 Å². The molecule has 0 aromatic heterocycles. The molecule has 0 saturated heterocycles. The average Bonchev–Trinajstić information content (AvgIpc) is 2.40. The Morgan fingerprint density at radius 2 is 1.74 bits per heavy atom. The topological polar surface area (TPSA) is 29.3 Å². The zero-order valence-electron chi connectivity index (χ0n) is 12.6. The van der Waals surface area contributed by atoms with E-state index < -0.39 is 0 Å². The molecular weight excluding hydrogens is 232 g/mol. The summed E-state index contributed by atoms with van der Waals surface area (Å²) in [6, 6.07) is 9.49. The molecule has 2 heteroatoms. The molecule has 1 aromatic carbocycles. The van der Waals surface area contributed by atoms with Crippen LogP contribution < -0.4 is 5.73 Å². The van der Waals surface area contributed by atoms with Gasteiger partial charge in [-0.1, -0.05) is 36.8 Å². The fourth-order valence-corrected chi connectivity index (χ4v) is 3.06. The molecule has 1 aliphatic rings. The summed E-state index contributed by atoms with van der Waals surface area (Å²) in [6.45, 7) is 5.45. The zero-order valence-corrected chi connectivity index (χ0v) is 12.6. The van der Waals surface area contributed by atoms with Gasteiger partial charge in [-0.15, -0.1) is 0 Å². The van der Waals surface area contributed by atoms with Gasteiger partial charge in [-0.25, -0.2) is 0 Å². The Morgan fingerprint density at radius 3 is 2.32 bits per heavy atom. The SMILES string of the molecule is Cc1ccc(C(N)CN(C)C2CCC(C)CC2)cc1. The third kappa shape index (κ3) is 4.05. The van der Waals surface area contributed by atoms with E-state index in [2.05, 4.69) is 50.1 Å². The lowest BCUT2D eigenvalue weighted by atomic mass is 9.86. The summed E-state index contributed by atoms with van der Waals surface area (Å²) in [5, 5.41) is 0. The van der Waals surface area contributed by atoms with Gasteiger partial charge in [0.1, 0.15) is 0 Å². The molecule has 0 spiro atoms. The molecule has 0 amide bonds. The van der Waals surface area contributed by atoms with Crippen molar-refractivity contribution in [2.24, 2.45) is 11.7 Å². The van der Waals surface area contributed by atoms with Gasteiger partial charge in [0, 0.05) is 18.6 Å². The molecule has 2 N–H and O–H groups in total. The van der Waals surface area contributed by atoms with Gasteiger partial charge < -0.3 is 10.6 Å². The second kappa shape index (κ2) is 6.53. The lowest BCUT2D eigenvalue weighted by Crippen LogP contribution is -2.39. The number of benzene rings is 1. The predicted octanol–water partition coefficient (Wildman–Crippen LogP) is 3.51. The van der Waals surface area contributed by atoms with Gasteiger partial charge in [0.05, 0.1) is 0 Å². The first kappa shape index (κ1) is 14.5. The Morgan fingerprint density at radius 1 is 1.16 bits per heavy atom. The molecule has 1 saturated carbocycles. The molecule has 0 aliphatic heterocycles. The van der Waals surface area contributed by atoms with Crippen LogP contribution in [0.3, 0.4) is 0 Å². The van der Waals surface area contributed by atoms with Crippen LogP contribution in [0.4, 0.5) is 0 Å². The van der Waals surface area contributed by atoms with Crippen LogP contribution in [-0.4, -0.2) is 24.5 Å². The van der Waals surface area contributed by atoms with Gasteiger partial charge in [-0.2, -0.15) is 0 Å². The molecule has 0 heterocycles. The minimum absolute atomic E-state index is 0.130. The van der Waals surface area contributed by atoms with Crippen LogP contribution in [0.5, 0.6) is 0 Å². The van der Waals surface area contributed by atoms with Crippen molar-refractivity contribution in [2.75, 3.05) is 13.6 Å². The third-order valence-electron chi connectivity index (χ3n) is 4.60. The van der Waals surface area contributed by atoms with Gasteiger partial charge >= 0.3 is 0 Å². The van der Waals surface area contributed by atoms with Crippen molar-refractivity contribution in [3.8, 4) is 0 Å². The fourth-order valence-electron chi connectivity index (χ4n) is 3.06. The minimum Gasteiger partial charge on any atom is -0.323 e. The first-order chi connectivity index (χ1) is 9.06. The highest BCUT2D eigenvalue weighted by molar-refractivity contribution is 5.24. The zero-order chi connectivity index (χ0) is 13.8. The summed E-state index contributed by atoms with van der Waals surface area (Å²) in [7, 11) is 2.23. The van der Waals surface area contributed by atoms with Crippen molar-refractivity contribution < 1.29 is 0 Å². The van der Waals surface area contributed by atoms with E-state index in [0.29, 0.717) is 0 Å². The quantitative estimate of drug-likeness (QED) is 0.897. The standard InChI is InChI=1S/C17H28N2/c1-13-4-8-15(9-5-13)17(18)12-19(3)16-10-6-14(2)7-11-16/h4-5,8-9,14,16-17H,6-7,10-12,18H2,1-3H3. The van der Waals surface area contributed by atoms with Crippen LogP contribution >= 0.6 is 0 Å². The Labute approximate surface area is 118 Å². The number of nitrogens with zero attached hydrogens (tertiary/aromatic N) is 1. The molecule has 106 valence electrons. The van der Waals surface area contributed by atoms with Crippen LogP contribution in [-0.2, 0) is 0 Å². The van der Waals surface area contributed by atoms with Gasteiger partial charge in [0.15, 0.2) is 0 Å². The Bertz CT molecular complexity index is 377. The summed E-state index contributed by atoms with van der Waals surface area (Å²) >= 11 is 0. The van der Waals surface area contributed by atoms with Gasteiger partial charge in [-0.05, 0) is 51.1 Å². The lowest BCUT2D eigenvalue weighted by molar-refractivity contribution is 0.162. The Hall–Kier alpha value is -0.860. The first-order valence-electron chi connectivity index (χ1n) is 7.58. The molecule has 19 heavy (non-hydrogen) atoms. The van der Waals surface area contributed by atoms with E-state index in [-0.39, 0.29) is 6.04 Å². The number of hydrogen-bond donors (Lipinski definition) is 1. The van der Waals surface area contributed by atoms with Gasteiger partial charge in [0.25, 0.3) is 0 Å². The van der Waals surface area contributed by atoms with Crippen molar-refractivity contribution in [1.82, 2.24) is 4.90 Å². The molecule has 1 aromatic rings. The van der Waals surface area contributed by atoms with Crippen molar-refractivity contribution in [2.45, 2.75) is 51.6 Å². The minimum atomic E-state index is 0.130. The fraction of sp³-hybridized carbons (Fsp3) is 0.647. The van der Waals surface area contributed by atoms with E-state index in [1.807, 2.05) is 0 Å². The summed E-state index contributed by atoms with van der Waals surface area (Å²) < 4.78 is 0.